The maximum absolute atomic E-state index is 12.5. The molecule has 0 bridgehead atoms. The Morgan fingerprint density at radius 1 is 1.21 bits per heavy atom. The van der Waals surface area contributed by atoms with Crippen molar-refractivity contribution in [1.29, 1.82) is 0 Å². The summed E-state index contributed by atoms with van der Waals surface area (Å²) in [7, 11) is -3.20. The van der Waals surface area contributed by atoms with E-state index in [0.29, 0.717) is 17.4 Å². The molecule has 6 nitrogen and oxygen atoms in total. The number of hydrogen-bond acceptors (Lipinski definition) is 4. The minimum atomic E-state index is -3.20. The van der Waals surface area contributed by atoms with E-state index >= 15 is 0 Å². The number of nitrogens with one attached hydrogen (secondary N) is 2. The summed E-state index contributed by atoms with van der Waals surface area (Å²) in [5, 5.41) is 3.37. The summed E-state index contributed by atoms with van der Waals surface area (Å²) in [5.74, 6) is 1.30. The number of rotatable bonds is 5. The maximum Gasteiger partial charge on any atom is 0.253 e. The number of amides is 1. The molecule has 2 N–H and O–H groups in total. The standard InChI is InChI=1S/C16H23N3O3S.ClH/c1-2-23(21,22)18-7-12-3-5-13(6-4-12)16(20)19-10-14-8-17-9-15(14)11-19;/h3-6,14-15,17-18H,2,7-11H2,1H3;1H/t14-,15+;. The molecular weight excluding hydrogens is 350 g/mol. The number of halogens is 1. The molecule has 0 aliphatic carbocycles. The van der Waals surface area contributed by atoms with Crippen molar-refractivity contribution in [2.45, 2.75) is 13.5 Å². The highest BCUT2D eigenvalue weighted by molar-refractivity contribution is 7.89. The maximum atomic E-state index is 12.5. The molecule has 2 saturated heterocycles. The quantitative estimate of drug-likeness (QED) is 0.801. The molecule has 1 aromatic rings. The Kier molecular flexibility index (Phi) is 6.25. The summed E-state index contributed by atoms with van der Waals surface area (Å²) < 4.78 is 25.4. The van der Waals surface area contributed by atoms with Crippen LogP contribution in [0.3, 0.4) is 0 Å². The van der Waals surface area contributed by atoms with E-state index in [2.05, 4.69) is 10.0 Å². The molecule has 134 valence electrons. The number of hydrogen-bond donors (Lipinski definition) is 2. The van der Waals surface area contributed by atoms with Crippen LogP contribution in [-0.2, 0) is 16.6 Å². The Hall–Kier alpha value is -1.15. The summed E-state index contributed by atoms with van der Waals surface area (Å²) in [6, 6.07) is 7.18. The van der Waals surface area contributed by atoms with E-state index in [0.717, 1.165) is 31.7 Å². The highest BCUT2D eigenvalue weighted by Gasteiger charge is 2.38. The molecule has 24 heavy (non-hydrogen) atoms. The van der Waals surface area contributed by atoms with Gasteiger partial charge in [0.25, 0.3) is 5.91 Å². The average molecular weight is 374 g/mol. The Balaban J connectivity index is 0.00000208. The van der Waals surface area contributed by atoms with E-state index in [1.54, 1.807) is 19.1 Å². The highest BCUT2D eigenvalue weighted by Crippen LogP contribution is 2.27. The third kappa shape index (κ3) is 4.27. The van der Waals surface area contributed by atoms with E-state index in [1.807, 2.05) is 17.0 Å². The molecule has 2 heterocycles. The second-order valence-electron chi connectivity index (χ2n) is 6.31. The van der Waals surface area contributed by atoms with Crippen LogP contribution in [0.25, 0.3) is 0 Å². The molecule has 2 aliphatic heterocycles. The zero-order chi connectivity index (χ0) is 16.4. The number of benzene rings is 1. The molecule has 2 atom stereocenters. The molecule has 0 aromatic heterocycles. The van der Waals surface area contributed by atoms with Gasteiger partial charge in [-0.1, -0.05) is 12.1 Å². The molecule has 0 saturated carbocycles. The second-order valence-corrected chi connectivity index (χ2v) is 8.41. The number of nitrogens with zero attached hydrogens (tertiary/aromatic N) is 1. The van der Waals surface area contributed by atoms with Crippen LogP contribution in [0.1, 0.15) is 22.8 Å². The normalized spacial score (nSPS) is 23.0. The van der Waals surface area contributed by atoms with Gasteiger partial charge >= 0.3 is 0 Å². The first-order valence-electron chi connectivity index (χ1n) is 8.05. The molecule has 0 spiro atoms. The highest BCUT2D eigenvalue weighted by atomic mass is 35.5. The van der Waals surface area contributed by atoms with Gasteiger partial charge in [-0.2, -0.15) is 0 Å². The minimum absolute atomic E-state index is 0. The van der Waals surface area contributed by atoms with Gasteiger partial charge in [0.1, 0.15) is 0 Å². The molecule has 1 aromatic carbocycles. The van der Waals surface area contributed by atoms with Gasteiger partial charge in [0.2, 0.25) is 10.0 Å². The van der Waals surface area contributed by atoms with Crippen LogP contribution in [0.4, 0.5) is 0 Å². The molecular formula is C16H24ClN3O3S. The lowest BCUT2D eigenvalue weighted by Crippen LogP contribution is -2.31. The molecule has 0 radical (unpaired) electrons. The predicted molar refractivity (Wildman–Crippen MR) is 95.7 cm³/mol. The summed E-state index contributed by atoms with van der Waals surface area (Å²) in [6.07, 6.45) is 0. The SMILES string of the molecule is CCS(=O)(=O)NCc1ccc(C(=O)N2C[C@H]3CNC[C@H]3C2)cc1.Cl. The number of fused-ring (bicyclic) bond motifs is 1. The van der Waals surface area contributed by atoms with Gasteiger partial charge in [-0.15, -0.1) is 12.4 Å². The van der Waals surface area contributed by atoms with E-state index in [4.69, 9.17) is 0 Å². The van der Waals surface area contributed by atoms with Crippen LogP contribution in [0.15, 0.2) is 24.3 Å². The summed E-state index contributed by atoms with van der Waals surface area (Å²) >= 11 is 0. The monoisotopic (exact) mass is 373 g/mol. The van der Waals surface area contributed by atoms with E-state index in [9.17, 15) is 13.2 Å². The number of likely N-dealkylation sites (tertiary alicyclic amines) is 1. The molecule has 3 rings (SSSR count). The van der Waals surface area contributed by atoms with Crippen molar-refractivity contribution in [2.75, 3.05) is 31.9 Å². The predicted octanol–water partition coefficient (Wildman–Crippen LogP) is 0.839. The Bertz CT molecular complexity index is 666. The lowest BCUT2D eigenvalue weighted by atomic mass is 10.0. The van der Waals surface area contributed by atoms with Crippen molar-refractivity contribution >= 4 is 28.3 Å². The van der Waals surface area contributed by atoms with Crippen molar-refractivity contribution in [3.05, 3.63) is 35.4 Å². The number of carbonyl (C=O) groups is 1. The van der Waals surface area contributed by atoms with Crippen molar-refractivity contribution in [3.63, 3.8) is 0 Å². The van der Waals surface area contributed by atoms with E-state index in [1.165, 1.54) is 0 Å². The van der Waals surface area contributed by atoms with Gasteiger partial charge in [0.05, 0.1) is 5.75 Å². The Morgan fingerprint density at radius 2 is 1.79 bits per heavy atom. The smallest absolute Gasteiger partial charge is 0.253 e. The van der Waals surface area contributed by atoms with Crippen molar-refractivity contribution < 1.29 is 13.2 Å². The zero-order valence-electron chi connectivity index (χ0n) is 13.7. The number of carbonyl (C=O) groups excluding carboxylic acids is 1. The topological polar surface area (TPSA) is 78.5 Å². The lowest BCUT2D eigenvalue weighted by Gasteiger charge is -2.17. The average Bonchev–Trinajstić information content (AvgIpc) is 3.14. The molecule has 0 unspecified atom stereocenters. The molecule has 2 fully saturated rings. The first-order valence-corrected chi connectivity index (χ1v) is 9.70. The second kappa shape index (κ2) is 7.82. The van der Waals surface area contributed by atoms with Gasteiger partial charge in [-0.25, -0.2) is 13.1 Å². The Morgan fingerprint density at radius 3 is 2.33 bits per heavy atom. The van der Waals surface area contributed by atoms with Crippen LogP contribution >= 0.6 is 12.4 Å². The summed E-state index contributed by atoms with van der Waals surface area (Å²) in [4.78, 5) is 14.5. The van der Waals surface area contributed by atoms with Gasteiger partial charge in [0, 0.05) is 38.3 Å². The molecule has 1 amide bonds. The van der Waals surface area contributed by atoms with Gasteiger partial charge in [-0.3, -0.25) is 4.79 Å². The van der Waals surface area contributed by atoms with Crippen molar-refractivity contribution in [1.82, 2.24) is 14.9 Å². The summed E-state index contributed by atoms with van der Waals surface area (Å²) in [6.45, 7) is 5.52. The van der Waals surface area contributed by atoms with Gasteiger partial charge in [0.15, 0.2) is 0 Å². The fourth-order valence-corrected chi connectivity index (χ4v) is 3.86. The van der Waals surface area contributed by atoms with Crippen LogP contribution in [0, 0.1) is 11.8 Å². The largest absolute Gasteiger partial charge is 0.338 e. The lowest BCUT2D eigenvalue weighted by molar-refractivity contribution is 0.0781. The fraction of sp³-hybridized carbons (Fsp3) is 0.562. The van der Waals surface area contributed by atoms with Gasteiger partial charge in [-0.05, 0) is 36.5 Å². The number of sulfonamides is 1. The Labute approximate surface area is 149 Å². The molecule has 2 aliphatic rings. The van der Waals surface area contributed by atoms with Gasteiger partial charge < -0.3 is 10.2 Å². The first kappa shape index (κ1) is 19.2. The third-order valence-electron chi connectivity index (χ3n) is 4.75. The van der Waals surface area contributed by atoms with Crippen LogP contribution < -0.4 is 10.0 Å². The van der Waals surface area contributed by atoms with Crippen LogP contribution in [0.5, 0.6) is 0 Å². The van der Waals surface area contributed by atoms with Crippen molar-refractivity contribution in [3.8, 4) is 0 Å². The first-order chi connectivity index (χ1) is 11.0. The fourth-order valence-electron chi connectivity index (χ4n) is 3.26. The van der Waals surface area contributed by atoms with Crippen LogP contribution in [0.2, 0.25) is 0 Å². The van der Waals surface area contributed by atoms with E-state index < -0.39 is 10.0 Å². The molecule has 8 heteroatoms. The van der Waals surface area contributed by atoms with E-state index in [-0.39, 0.29) is 30.6 Å². The minimum Gasteiger partial charge on any atom is -0.338 e. The zero-order valence-corrected chi connectivity index (χ0v) is 15.3. The summed E-state index contributed by atoms with van der Waals surface area (Å²) in [5.41, 5.74) is 1.51. The van der Waals surface area contributed by atoms with Crippen LogP contribution in [-0.4, -0.2) is 51.2 Å². The third-order valence-corrected chi connectivity index (χ3v) is 6.10. The van der Waals surface area contributed by atoms with Crippen molar-refractivity contribution in [2.24, 2.45) is 11.8 Å².